The molecule has 324 valence electrons. The molecule has 4 amide bonds. The fourth-order valence-corrected chi connectivity index (χ4v) is 9.81. The number of benzene rings is 1. The van der Waals surface area contributed by atoms with Crippen LogP contribution in [0, 0.1) is 17.8 Å². The Morgan fingerprint density at radius 1 is 1.12 bits per heavy atom. The average Bonchev–Trinajstić information content (AvgIpc) is 4.05. The van der Waals surface area contributed by atoms with Crippen molar-refractivity contribution >= 4 is 56.2 Å². The standard InChI is InChI=1S/C40H51ClF3N5O9S/c1-21(2)57-31-18-28-27(12-9-13-29(28)41)34(45-31)58-25-17-30-33(50)46-39(36(52)47-59(55,56)26-14-15-26)19-24(39)11-8-7-10-22(3)16-23(4)32(35(51)48(30)20-25)49(37(53)54)38(5,6)40(42,43)44/h8-9,11-13,18,21-26,30,32H,7,10,14-17,19-20H2,1-6H3,(H,46,50)(H,47,52)(H,53,54)/t22-,23+,24+,25+,30-,32-,39+/m0/s1. The van der Waals surface area contributed by atoms with E-state index in [1.807, 2.05) is 6.92 Å². The molecule has 1 aromatic heterocycles. The van der Waals surface area contributed by atoms with Crippen molar-refractivity contribution in [1.29, 1.82) is 0 Å². The summed E-state index contributed by atoms with van der Waals surface area (Å²) in [6.07, 6.45) is -3.25. The molecule has 2 aliphatic carbocycles. The second kappa shape index (κ2) is 16.3. The van der Waals surface area contributed by atoms with E-state index < -0.39 is 92.9 Å². The van der Waals surface area contributed by atoms with Crippen molar-refractivity contribution in [3.63, 3.8) is 0 Å². The fourth-order valence-electron chi connectivity index (χ4n) is 8.22. The number of pyridine rings is 1. The lowest BCUT2D eigenvalue weighted by atomic mass is 9.85. The van der Waals surface area contributed by atoms with Crippen molar-refractivity contribution < 1.29 is 55.3 Å². The molecule has 1 saturated heterocycles. The molecule has 14 nitrogen and oxygen atoms in total. The lowest BCUT2D eigenvalue weighted by molar-refractivity contribution is -0.222. The Kier molecular flexibility index (Phi) is 12.2. The fraction of sp³-hybridized carbons (Fsp3) is 0.625. The minimum atomic E-state index is -5.11. The lowest BCUT2D eigenvalue weighted by Crippen LogP contribution is -2.66. The zero-order chi connectivity index (χ0) is 43.4. The molecule has 0 bridgehead atoms. The summed E-state index contributed by atoms with van der Waals surface area (Å²) in [5.74, 6) is -4.50. The first kappa shape index (κ1) is 44.2. The number of carboxylic acid groups (broad SMARTS) is 1. The number of carbonyl (C=O) groups excluding carboxylic acids is 3. The Labute approximate surface area is 346 Å². The molecule has 59 heavy (non-hydrogen) atoms. The predicted octanol–water partition coefficient (Wildman–Crippen LogP) is 6.21. The minimum absolute atomic E-state index is 0.0267. The second-order valence-electron chi connectivity index (χ2n) is 17.2. The van der Waals surface area contributed by atoms with Gasteiger partial charge in [-0.15, -0.1) is 0 Å². The molecule has 3 fully saturated rings. The second-order valence-corrected chi connectivity index (χ2v) is 19.5. The Bertz CT molecular complexity index is 2130. The maximum atomic E-state index is 15.0. The zero-order valence-corrected chi connectivity index (χ0v) is 35.3. The number of nitrogens with zero attached hydrogens (tertiary/aromatic N) is 3. The number of amides is 4. The molecule has 6 rings (SSSR count). The Morgan fingerprint density at radius 2 is 1.81 bits per heavy atom. The first-order valence-electron chi connectivity index (χ1n) is 19.8. The average molecular weight is 870 g/mol. The molecular formula is C40H51ClF3N5O9S. The van der Waals surface area contributed by atoms with Gasteiger partial charge in [-0.25, -0.2) is 13.2 Å². The van der Waals surface area contributed by atoms with Crippen LogP contribution in [0.5, 0.6) is 11.8 Å². The van der Waals surface area contributed by atoms with Gasteiger partial charge in [0.25, 0.3) is 5.91 Å². The van der Waals surface area contributed by atoms with E-state index in [0.29, 0.717) is 55.3 Å². The summed E-state index contributed by atoms with van der Waals surface area (Å²) in [6, 6.07) is 3.22. The van der Waals surface area contributed by atoms with Gasteiger partial charge in [-0.05, 0) is 90.2 Å². The summed E-state index contributed by atoms with van der Waals surface area (Å²) in [4.78, 5) is 62.1. The van der Waals surface area contributed by atoms with Gasteiger partial charge in [0.15, 0.2) is 0 Å². The van der Waals surface area contributed by atoms with Gasteiger partial charge < -0.3 is 24.8 Å². The first-order chi connectivity index (χ1) is 27.5. The van der Waals surface area contributed by atoms with E-state index in [9.17, 15) is 41.1 Å². The van der Waals surface area contributed by atoms with Gasteiger partial charge in [-0.3, -0.25) is 24.0 Å². The molecule has 7 atom stereocenters. The molecule has 19 heteroatoms. The van der Waals surface area contributed by atoms with Crippen molar-refractivity contribution in [3.8, 4) is 11.8 Å². The molecule has 4 aliphatic rings. The number of allylic oxidation sites excluding steroid dienone is 1. The van der Waals surface area contributed by atoms with Crippen LogP contribution in [0.25, 0.3) is 10.8 Å². The minimum Gasteiger partial charge on any atom is -0.475 e. The van der Waals surface area contributed by atoms with Crippen molar-refractivity contribution in [2.75, 3.05) is 6.54 Å². The number of sulfonamides is 1. The van der Waals surface area contributed by atoms with Crippen molar-refractivity contribution in [2.24, 2.45) is 17.8 Å². The Hall–Kier alpha value is -4.32. The van der Waals surface area contributed by atoms with Gasteiger partial charge >= 0.3 is 12.3 Å². The normalized spacial score (nSPS) is 28.2. The van der Waals surface area contributed by atoms with E-state index in [1.54, 1.807) is 50.3 Å². The quantitative estimate of drug-likeness (QED) is 0.245. The van der Waals surface area contributed by atoms with Crippen LogP contribution in [0.2, 0.25) is 5.02 Å². The number of hydrogen-bond acceptors (Lipinski definition) is 9. The molecule has 3 N–H and O–H groups in total. The summed E-state index contributed by atoms with van der Waals surface area (Å²) < 4.78 is 84.4. The van der Waals surface area contributed by atoms with E-state index in [2.05, 4.69) is 15.0 Å². The number of halogens is 4. The third-order valence-electron chi connectivity index (χ3n) is 11.8. The largest absolute Gasteiger partial charge is 0.475 e. The number of rotatable bonds is 9. The maximum Gasteiger partial charge on any atom is 0.411 e. The van der Waals surface area contributed by atoms with Gasteiger partial charge in [0, 0.05) is 34.2 Å². The van der Waals surface area contributed by atoms with Crippen LogP contribution >= 0.6 is 11.6 Å². The molecular weight excluding hydrogens is 819 g/mol. The van der Waals surface area contributed by atoms with Crippen LogP contribution in [0.3, 0.4) is 0 Å². The lowest BCUT2D eigenvalue weighted by Gasteiger charge is -2.45. The number of alkyl halides is 3. The van der Waals surface area contributed by atoms with E-state index in [-0.39, 0.29) is 47.9 Å². The molecule has 2 aliphatic heterocycles. The van der Waals surface area contributed by atoms with Crippen LogP contribution in [0.15, 0.2) is 36.4 Å². The highest BCUT2D eigenvalue weighted by molar-refractivity contribution is 7.91. The van der Waals surface area contributed by atoms with E-state index in [0.717, 1.165) is 4.90 Å². The highest BCUT2D eigenvalue weighted by Crippen LogP contribution is 2.47. The number of nitrogens with one attached hydrogen (secondary N) is 2. The molecule has 2 aromatic rings. The summed E-state index contributed by atoms with van der Waals surface area (Å²) in [5.41, 5.74) is -4.77. The van der Waals surface area contributed by atoms with Crippen LogP contribution < -0.4 is 19.5 Å². The molecule has 3 heterocycles. The third kappa shape index (κ3) is 9.08. The molecule has 1 aromatic carbocycles. The summed E-state index contributed by atoms with van der Waals surface area (Å²) in [6.45, 7) is 7.92. The number of carbonyl (C=O) groups is 4. The Morgan fingerprint density at radius 3 is 2.44 bits per heavy atom. The number of fused-ring (bicyclic) bond motifs is 3. The van der Waals surface area contributed by atoms with Gasteiger partial charge in [0.05, 0.1) is 17.9 Å². The van der Waals surface area contributed by atoms with Crippen molar-refractivity contribution in [3.05, 3.63) is 41.4 Å². The van der Waals surface area contributed by atoms with Gasteiger partial charge in [0.1, 0.15) is 29.3 Å². The van der Waals surface area contributed by atoms with Gasteiger partial charge in [-0.2, -0.15) is 18.2 Å². The number of ether oxygens (including phenoxy) is 2. The number of aromatic nitrogens is 1. The molecule has 0 spiro atoms. The van der Waals surface area contributed by atoms with E-state index in [4.69, 9.17) is 21.1 Å². The van der Waals surface area contributed by atoms with Crippen molar-refractivity contribution in [2.45, 2.75) is 133 Å². The summed E-state index contributed by atoms with van der Waals surface area (Å²) in [7, 11) is -4.04. The summed E-state index contributed by atoms with van der Waals surface area (Å²) in [5, 5.41) is 13.8. The highest BCUT2D eigenvalue weighted by atomic mass is 35.5. The molecule has 2 saturated carbocycles. The SMILES string of the molecule is CC(C)Oc1cc2c(Cl)cccc2c(O[C@@H]2C[C@H]3C(=O)N[C@]4(C(=O)NS(=O)(=O)C5CC5)C[C@H]4C=CCC[C@H](C)C[C@@H](C)[C@H](N(C(=O)O)C(C)(C)C(F)(F)F)C(=O)N3C2)n1. The monoisotopic (exact) mass is 869 g/mol. The van der Waals surface area contributed by atoms with Crippen LogP contribution in [0.1, 0.15) is 86.5 Å². The number of hydrogen-bond donors (Lipinski definition) is 3. The smallest absolute Gasteiger partial charge is 0.411 e. The summed E-state index contributed by atoms with van der Waals surface area (Å²) >= 11 is 6.55. The molecule has 0 unspecified atom stereocenters. The van der Waals surface area contributed by atoms with Gasteiger partial charge in [-0.1, -0.05) is 43.7 Å². The predicted molar refractivity (Wildman–Crippen MR) is 211 cm³/mol. The topological polar surface area (TPSA) is 185 Å². The van der Waals surface area contributed by atoms with E-state index in [1.165, 1.54) is 6.92 Å². The van der Waals surface area contributed by atoms with Crippen molar-refractivity contribution in [1.82, 2.24) is 24.8 Å². The van der Waals surface area contributed by atoms with Crippen LogP contribution in [0.4, 0.5) is 18.0 Å². The maximum absolute atomic E-state index is 15.0. The van der Waals surface area contributed by atoms with Crippen LogP contribution in [-0.4, -0.2) is 105 Å². The molecule has 0 radical (unpaired) electrons. The van der Waals surface area contributed by atoms with E-state index >= 15 is 4.79 Å². The first-order valence-corrected chi connectivity index (χ1v) is 21.8. The van der Waals surface area contributed by atoms with Crippen LogP contribution in [-0.2, 0) is 24.4 Å². The van der Waals surface area contributed by atoms with Gasteiger partial charge in [0.2, 0.25) is 33.6 Å². The Balaban J connectivity index is 1.44. The zero-order valence-electron chi connectivity index (χ0n) is 33.7. The highest BCUT2D eigenvalue weighted by Gasteiger charge is 2.63. The third-order valence-corrected chi connectivity index (χ3v) is 13.9.